The number of esters is 1. The molecule has 2 rings (SSSR count). The molecule has 0 fully saturated rings. The lowest BCUT2D eigenvalue weighted by Gasteiger charge is -2.22. The summed E-state index contributed by atoms with van der Waals surface area (Å²) >= 11 is 0. The number of aliphatic hydroxyl groups is 1. The Morgan fingerprint density at radius 1 is 1.25 bits per heavy atom. The molecular weight excluding hydrogens is 266 g/mol. The predicted molar refractivity (Wildman–Crippen MR) is 65.5 cm³/mol. The standard InChI is InChI=1S/C13H13NO6/c1-13(18,12(17)19-2)7-20-14-10(15)8-5-3-4-6-9(8)11(14)16/h3-6,18H,7H2,1-2H3/t13-/m0/s1. The highest BCUT2D eigenvalue weighted by Crippen LogP contribution is 2.23. The van der Waals surface area contributed by atoms with Crippen molar-refractivity contribution < 1.29 is 29.1 Å². The molecule has 7 heteroatoms. The van der Waals surface area contributed by atoms with E-state index < -0.39 is 30.0 Å². The van der Waals surface area contributed by atoms with E-state index in [1.807, 2.05) is 0 Å². The Kier molecular flexibility index (Phi) is 3.56. The molecule has 7 nitrogen and oxygen atoms in total. The van der Waals surface area contributed by atoms with Crippen molar-refractivity contribution in [1.29, 1.82) is 0 Å². The van der Waals surface area contributed by atoms with E-state index in [0.717, 1.165) is 14.0 Å². The fourth-order valence-electron chi connectivity index (χ4n) is 1.75. The van der Waals surface area contributed by atoms with Gasteiger partial charge in [-0.2, -0.15) is 0 Å². The van der Waals surface area contributed by atoms with Crippen LogP contribution in [-0.4, -0.2) is 47.3 Å². The number of benzene rings is 1. The molecule has 1 atom stereocenters. The fourth-order valence-corrected chi connectivity index (χ4v) is 1.75. The Bertz CT molecular complexity index is 545. The minimum Gasteiger partial charge on any atom is -0.467 e. The molecule has 1 heterocycles. The average Bonchev–Trinajstić information content (AvgIpc) is 2.68. The Balaban J connectivity index is 2.12. The lowest BCUT2D eigenvalue weighted by atomic mass is 10.1. The summed E-state index contributed by atoms with van der Waals surface area (Å²) in [6.45, 7) is 0.585. The number of imide groups is 1. The summed E-state index contributed by atoms with van der Waals surface area (Å²) in [7, 11) is 1.11. The van der Waals surface area contributed by atoms with E-state index in [1.54, 1.807) is 12.1 Å². The van der Waals surface area contributed by atoms with Gasteiger partial charge in [-0.15, -0.1) is 5.06 Å². The molecule has 0 saturated carbocycles. The second-order valence-corrected chi connectivity index (χ2v) is 4.49. The molecular formula is C13H13NO6. The summed E-state index contributed by atoms with van der Waals surface area (Å²) < 4.78 is 4.39. The van der Waals surface area contributed by atoms with Crippen molar-refractivity contribution in [1.82, 2.24) is 5.06 Å². The molecule has 20 heavy (non-hydrogen) atoms. The zero-order valence-electron chi connectivity index (χ0n) is 11.0. The third-order valence-electron chi connectivity index (χ3n) is 2.86. The Morgan fingerprint density at radius 3 is 2.20 bits per heavy atom. The summed E-state index contributed by atoms with van der Waals surface area (Å²) in [6, 6.07) is 6.24. The van der Waals surface area contributed by atoms with E-state index in [9.17, 15) is 19.5 Å². The smallest absolute Gasteiger partial charge is 0.340 e. The molecule has 1 aromatic carbocycles. The quantitative estimate of drug-likeness (QED) is 0.622. The molecule has 0 saturated heterocycles. The van der Waals surface area contributed by atoms with Crippen molar-refractivity contribution in [3.05, 3.63) is 35.4 Å². The topological polar surface area (TPSA) is 93.1 Å². The van der Waals surface area contributed by atoms with Crippen molar-refractivity contribution in [2.24, 2.45) is 0 Å². The molecule has 0 unspecified atom stereocenters. The Morgan fingerprint density at radius 2 is 1.75 bits per heavy atom. The lowest BCUT2D eigenvalue weighted by molar-refractivity contribution is -0.181. The summed E-state index contributed by atoms with van der Waals surface area (Å²) in [5.41, 5.74) is -1.52. The van der Waals surface area contributed by atoms with E-state index in [1.165, 1.54) is 12.1 Å². The molecule has 0 aliphatic carbocycles. The van der Waals surface area contributed by atoms with E-state index in [2.05, 4.69) is 4.74 Å². The number of carbonyl (C=O) groups is 3. The van der Waals surface area contributed by atoms with E-state index in [-0.39, 0.29) is 11.1 Å². The normalized spacial score (nSPS) is 16.9. The number of fused-ring (bicyclic) bond motifs is 1. The van der Waals surface area contributed by atoms with Crippen LogP contribution in [0.15, 0.2) is 24.3 Å². The SMILES string of the molecule is COC(=O)[C@@](C)(O)CON1C(=O)c2ccccc2C1=O. The zero-order chi connectivity index (χ0) is 14.9. The number of hydroxylamine groups is 2. The monoisotopic (exact) mass is 279 g/mol. The lowest BCUT2D eigenvalue weighted by Crippen LogP contribution is -2.44. The number of hydrogen-bond acceptors (Lipinski definition) is 6. The third kappa shape index (κ3) is 2.28. The highest BCUT2D eigenvalue weighted by molar-refractivity contribution is 6.20. The maximum Gasteiger partial charge on any atom is 0.340 e. The van der Waals surface area contributed by atoms with E-state index in [0.29, 0.717) is 5.06 Å². The van der Waals surface area contributed by atoms with Gasteiger partial charge in [0.1, 0.15) is 6.61 Å². The highest BCUT2D eigenvalue weighted by atomic mass is 16.7. The van der Waals surface area contributed by atoms with Gasteiger partial charge in [0.25, 0.3) is 11.8 Å². The van der Waals surface area contributed by atoms with Crippen molar-refractivity contribution in [3.8, 4) is 0 Å². The van der Waals surface area contributed by atoms with Crippen LogP contribution in [0.2, 0.25) is 0 Å². The van der Waals surface area contributed by atoms with Gasteiger partial charge in [0.2, 0.25) is 0 Å². The number of hydrogen-bond donors (Lipinski definition) is 1. The zero-order valence-corrected chi connectivity index (χ0v) is 11.0. The minimum absolute atomic E-state index is 0.218. The number of amides is 2. The van der Waals surface area contributed by atoms with Crippen LogP contribution in [0.3, 0.4) is 0 Å². The van der Waals surface area contributed by atoms with Gasteiger partial charge in [-0.25, -0.2) is 4.79 Å². The van der Waals surface area contributed by atoms with Crippen LogP contribution in [-0.2, 0) is 14.4 Å². The Labute approximate surface area is 114 Å². The summed E-state index contributed by atoms with van der Waals surface area (Å²) in [6.07, 6.45) is 0. The van der Waals surface area contributed by atoms with E-state index >= 15 is 0 Å². The van der Waals surface area contributed by atoms with Crippen LogP contribution in [0.1, 0.15) is 27.6 Å². The van der Waals surface area contributed by atoms with Crippen molar-refractivity contribution in [2.75, 3.05) is 13.7 Å². The second kappa shape index (κ2) is 5.03. The van der Waals surface area contributed by atoms with Gasteiger partial charge in [-0.1, -0.05) is 12.1 Å². The van der Waals surface area contributed by atoms with Gasteiger partial charge in [0.05, 0.1) is 18.2 Å². The van der Waals surface area contributed by atoms with Gasteiger partial charge in [-0.05, 0) is 19.1 Å². The Hall–Kier alpha value is -2.25. The number of nitrogens with zero attached hydrogens (tertiary/aromatic N) is 1. The summed E-state index contributed by atoms with van der Waals surface area (Å²) in [4.78, 5) is 40.2. The van der Waals surface area contributed by atoms with Crippen LogP contribution in [0.25, 0.3) is 0 Å². The van der Waals surface area contributed by atoms with Gasteiger partial charge in [-0.3, -0.25) is 14.4 Å². The molecule has 0 radical (unpaired) electrons. The van der Waals surface area contributed by atoms with Crippen LogP contribution >= 0.6 is 0 Å². The number of rotatable bonds is 4. The third-order valence-corrected chi connectivity index (χ3v) is 2.86. The molecule has 0 aromatic heterocycles. The summed E-state index contributed by atoms with van der Waals surface area (Å²) in [5.74, 6) is -2.19. The van der Waals surface area contributed by atoms with Crippen LogP contribution < -0.4 is 0 Å². The molecule has 2 amide bonds. The first-order valence-electron chi connectivity index (χ1n) is 5.80. The highest BCUT2D eigenvalue weighted by Gasteiger charge is 2.40. The molecule has 1 aromatic rings. The van der Waals surface area contributed by atoms with Gasteiger partial charge >= 0.3 is 5.97 Å². The summed E-state index contributed by atoms with van der Waals surface area (Å²) in [5, 5.41) is 10.3. The van der Waals surface area contributed by atoms with Crippen molar-refractivity contribution in [3.63, 3.8) is 0 Å². The van der Waals surface area contributed by atoms with Crippen molar-refractivity contribution in [2.45, 2.75) is 12.5 Å². The van der Waals surface area contributed by atoms with Crippen LogP contribution in [0, 0.1) is 0 Å². The second-order valence-electron chi connectivity index (χ2n) is 4.49. The van der Waals surface area contributed by atoms with Gasteiger partial charge < -0.3 is 9.84 Å². The molecule has 0 bridgehead atoms. The fraction of sp³-hybridized carbons (Fsp3) is 0.308. The first kappa shape index (κ1) is 14.2. The largest absolute Gasteiger partial charge is 0.467 e. The first-order valence-corrected chi connectivity index (χ1v) is 5.80. The van der Waals surface area contributed by atoms with Gasteiger partial charge in [0, 0.05) is 0 Å². The van der Waals surface area contributed by atoms with E-state index in [4.69, 9.17) is 4.84 Å². The van der Waals surface area contributed by atoms with Crippen LogP contribution in [0.5, 0.6) is 0 Å². The maximum atomic E-state index is 11.9. The minimum atomic E-state index is -1.95. The molecule has 1 aliphatic rings. The maximum absolute atomic E-state index is 11.9. The number of ether oxygens (including phenoxy) is 1. The first-order chi connectivity index (χ1) is 9.38. The van der Waals surface area contributed by atoms with Crippen molar-refractivity contribution >= 4 is 17.8 Å². The molecule has 106 valence electrons. The molecule has 1 aliphatic heterocycles. The number of methoxy groups -OCH3 is 1. The van der Waals surface area contributed by atoms with Crippen LogP contribution in [0.4, 0.5) is 0 Å². The molecule has 1 N–H and O–H groups in total. The van der Waals surface area contributed by atoms with Gasteiger partial charge in [0.15, 0.2) is 5.60 Å². The average molecular weight is 279 g/mol. The number of carbonyl (C=O) groups excluding carboxylic acids is 3. The molecule has 0 spiro atoms. The predicted octanol–water partition coefficient (Wildman–Crippen LogP) is 0.138.